The quantitative estimate of drug-likeness (QED) is 0.492. The summed E-state index contributed by atoms with van der Waals surface area (Å²) in [5, 5.41) is 0. The zero-order chi connectivity index (χ0) is 8.27. The molecule has 0 aromatic rings. The van der Waals surface area contributed by atoms with E-state index >= 15 is 0 Å². The van der Waals surface area contributed by atoms with Gasteiger partial charge in [0.2, 0.25) is 0 Å². The number of nitrogens with zero attached hydrogens (tertiary/aromatic N) is 1. The fourth-order valence-electron chi connectivity index (χ4n) is 0.960. The smallest absolute Gasteiger partial charge is 0.140 e. The van der Waals surface area contributed by atoms with Gasteiger partial charge in [-0.3, -0.25) is 0 Å². The lowest BCUT2D eigenvalue weighted by Crippen LogP contribution is -2.34. The van der Waals surface area contributed by atoms with Crippen molar-refractivity contribution in [1.82, 2.24) is 4.90 Å². The van der Waals surface area contributed by atoms with Crippen LogP contribution < -0.4 is 0 Å². The number of hydrogen-bond donors (Lipinski definition) is 0. The maximum absolute atomic E-state index is 5.22. The summed E-state index contributed by atoms with van der Waals surface area (Å²) in [6.07, 6.45) is 1.98. The molecule has 0 aliphatic carbocycles. The van der Waals surface area contributed by atoms with Gasteiger partial charge in [0.1, 0.15) is 10.5 Å². The Kier molecular flexibility index (Phi) is 3.36. The van der Waals surface area contributed by atoms with Crippen LogP contribution in [0.25, 0.3) is 0 Å². The minimum absolute atomic E-state index is 0.144. The molecular weight excluding hydrogens is 178 g/mol. The molecule has 1 fully saturated rings. The van der Waals surface area contributed by atoms with Gasteiger partial charge in [0, 0.05) is 19.4 Å². The van der Waals surface area contributed by atoms with E-state index in [9.17, 15) is 0 Å². The van der Waals surface area contributed by atoms with E-state index in [4.69, 9.17) is 17.0 Å². The molecule has 1 rings (SSSR count). The Morgan fingerprint density at radius 2 is 2.73 bits per heavy atom. The number of rotatable bonds is 3. The lowest BCUT2D eigenvalue weighted by molar-refractivity contribution is 0.0390. The third kappa shape index (κ3) is 1.95. The van der Waals surface area contributed by atoms with E-state index in [-0.39, 0.29) is 6.23 Å². The van der Waals surface area contributed by atoms with Gasteiger partial charge < -0.3 is 9.64 Å². The van der Waals surface area contributed by atoms with Crippen LogP contribution in [0, 0.1) is 0 Å². The van der Waals surface area contributed by atoms with Crippen LogP contribution in [0.3, 0.4) is 0 Å². The highest BCUT2D eigenvalue weighted by molar-refractivity contribution is 8.23. The molecular formula is C7H11NOS2. The second-order valence-corrected chi connectivity index (χ2v) is 3.86. The van der Waals surface area contributed by atoms with Crippen LogP contribution in [-0.4, -0.2) is 34.9 Å². The Hall–Kier alpha value is -0.0600. The van der Waals surface area contributed by atoms with E-state index in [1.165, 1.54) is 0 Å². The minimum atomic E-state index is 0.144. The minimum Gasteiger partial charge on any atom is -0.361 e. The van der Waals surface area contributed by atoms with Crippen LogP contribution in [0.1, 0.15) is 0 Å². The molecule has 62 valence electrons. The maximum Gasteiger partial charge on any atom is 0.140 e. The SMILES string of the molecule is C=CCN1C(=S)SCC1OC. The molecule has 0 spiro atoms. The normalized spacial score (nSPS) is 24.3. The third-order valence-corrected chi connectivity index (χ3v) is 3.05. The third-order valence-electron chi connectivity index (χ3n) is 1.53. The van der Waals surface area contributed by atoms with Gasteiger partial charge in [-0.25, -0.2) is 0 Å². The Morgan fingerprint density at radius 1 is 2.00 bits per heavy atom. The van der Waals surface area contributed by atoms with Crippen molar-refractivity contribution in [2.45, 2.75) is 6.23 Å². The number of methoxy groups -OCH3 is 1. The lowest BCUT2D eigenvalue weighted by Gasteiger charge is -2.21. The summed E-state index contributed by atoms with van der Waals surface area (Å²) in [5.74, 6) is 0.934. The van der Waals surface area contributed by atoms with Crippen LogP contribution in [0.4, 0.5) is 0 Å². The summed E-state index contributed by atoms with van der Waals surface area (Å²) in [4.78, 5) is 2.03. The van der Waals surface area contributed by atoms with Gasteiger partial charge in [-0.1, -0.05) is 30.1 Å². The van der Waals surface area contributed by atoms with Crippen LogP contribution in [0.5, 0.6) is 0 Å². The van der Waals surface area contributed by atoms with E-state index in [1.807, 2.05) is 11.0 Å². The number of thiocarbonyl (C=S) groups is 1. The van der Waals surface area contributed by atoms with Crippen molar-refractivity contribution in [2.75, 3.05) is 19.4 Å². The van der Waals surface area contributed by atoms with Crippen LogP contribution in [-0.2, 0) is 4.74 Å². The maximum atomic E-state index is 5.22. The van der Waals surface area contributed by atoms with Gasteiger partial charge in [0.05, 0.1) is 0 Å². The predicted molar refractivity (Wildman–Crippen MR) is 52.8 cm³/mol. The van der Waals surface area contributed by atoms with Crippen LogP contribution >= 0.6 is 24.0 Å². The first kappa shape index (κ1) is 9.03. The molecule has 0 aromatic carbocycles. The molecule has 1 aliphatic rings. The van der Waals surface area contributed by atoms with Crippen LogP contribution in [0.15, 0.2) is 12.7 Å². The second-order valence-electron chi connectivity index (χ2n) is 2.21. The molecule has 0 bridgehead atoms. The molecule has 1 heterocycles. The van der Waals surface area contributed by atoms with Crippen LogP contribution in [0.2, 0.25) is 0 Å². The summed E-state index contributed by atoms with van der Waals surface area (Å²) in [6, 6.07) is 0. The fourth-order valence-corrected chi connectivity index (χ4v) is 2.31. The highest BCUT2D eigenvalue weighted by atomic mass is 32.2. The van der Waals surface area contributed by atoms with E-state index in [0.29, 0.717) is 0 Å². The second kappa shape index (κ2) is 4.09. The molecule has 0 radical (unpaired) electrons. The van der Waals surface area contributed by atoms with Gasteiger partial charge in [0.25, 0.3) is 0 Å². The van der Waals surface area contributed by atoms with Crippen molar-refractivity contribution in [3.8, 4) is 0 Å². The van der Waals surface area contributed by atoms with Gasteiger partial charge in [-0.2, -0.15) is 0 Å². The van der Waals surface area contributed by atoms with E-state index in [0.717, 1.165) is 16.6 Å². The molecule has 0 amide bonds. The zero-order valence-electron chi connectivity index (χ0n) is 6.45. The molecule has 1 atom stereocenters. The summed E-state index contributed by atoms with van der Waals surface area (Å²) >= 11 is 6.77. The zero-order valence-corrected chi connectivity index (χ0v) is 8.08. The van der Waals surface area contributed by atoms with E-state index in [2.05, 4.69) is 6.58 Å². The van der Waals surface area contributed by atoms with Gasteiger partial charge >= 0.3 is 0 Å². The first-order valence-corrected chi connectivity index (χ1v) is 4.76. The van der Waals surface area contributed by atoms with Crippen molar-refractivity contribution < 1.29 is 4.74 Å². The molecule has 0 saturated carbocycles. The topological polar surface area (TPSA) is 12.5 Å². The number of ether oxygens (including phenoxy) is 1. The van der Waals surface area contributed by atoms with Gasteiger partial charge in [-0.05, 0) is 0 Å². The summed E-state index contributed by atoms with van der Waals surface area (Å²) < 4.78 is 6.13. The van der Waals surface area contributed by atoms with Crippen molar-refractivity contribution >= 4 is 28.3 Å². The molecule has 1 saturated heterocycles. The molecule has 1 aliphatic heterocycles. The summed E-state index contributed by atoms with van der Waals surface area (Å²) in [6.45, 7) is 4.44. The summed E-state index contributed by atoms with van der Waals surface area (Å²) in [7, 11) is 1.70. The highest BCUT2D eigenvalue weighted by Crippen LogP contribution is 2.23. The predicted octanol–water partition coefficient (Wildman–Crippen LogP) is 1.48. The molecule has 4 heteroatoms. The molecule has 11 heavy (non-hydrogen) atoms. The highest BCUT2D eigenvalue weighted by Gasteiger charge is 2.27. The van der Waals surface area contributed by atoms with Gasteiger partial charge in [0.15, 0.2) is 0 Å². The molecule has 2 nitrogen and oxygen atoms in total. The van der Waals surface area contributed by atoms with Crippen molar-refractivity contribution in [3.63, 3.8) is 0 Å². The standard InChI is InChI=1S/C7H11NOS2/c1-3-4-8-6(9-2)5-11-7(8)10/h3,6H,1,4-5H2,2H3. The largest absolute Gasteiger partial charge is 0.361 e. The van der Waals surface area contributed by atoms with Crippen molar-refractivity contribution in [2.24, 2.45) is 0 Å². The number of hydrogen-bond acceptors (Lipinski definition) is 3. The molecule has 0 aromatic heterocycles. The number of thioether (sulfide) groups is 1. The summed E-state index contributed by atoms with van der Waals surface area (Å²) in [5.41, 5.74) is 0. The Morgan fingerprint density at radius 3 is 3.27 bits per heavy atom. The van der Waals surface area contributed by atoms with Crippen molar-refractivity contribution in [3.05, 3.63) is 12.7 Å². The average Bonchev–Trinajstić information content (AvgIpc) is 2.34. The first-order chi connectivity index (χ1) is 5.29. The molecule has 1 unspecified atom stereocenters. The van der Waals surface area contributed by atoms with Crippen molar-refractivity contribution in [1.29, 1.82) is 0 Å². The Balaban J connectivity index is 2.55. The van der Waals surface area contributed by atoms with E-state index < -0.39 is 0 Å². The molecule has 0 N–H and O–H groups in total. The average molecular weight is 189 g/mol. The lowest BCUT2D eigenvalue weighted by atomic mass is 10.5. The Bertz CT molecular complexity index is 172. The fraction of sp³-hybridized carbons (Fsp3) is 0.571. The monoisotopic (exact) mass is 189 g/mol. The van der Waals surface area contributed by atoms with Gasteiger partial charge in [-0.15, -0.1) is 6.58 Å². The van der Waals surface area contributed by atoms with E-state index in [1.54, 1.807) is 18.9 Å². The first-order valence-electron chi connectivity index (χ1n) is 3.36. The Labute approximate surface area is 76.6 Å².